The number of ether oxygens (including phenoxy) is 1. The molecule has 4 heteroatoms. The van der Waals surface area contributed by atoms with E-state index in [0.717, 1.165) is 13.0 Å². The van der Waals surface area contributed by atoms with Crippen LogP contribution in [0.3, 0.4) is 0 Å². The van der Waals surface area contributed by atoms with Crippen LogP contribution in [0.4, 0.5) is 0 Å². The van der Waals surface area contributed by atoms with Crippen LogP contribution in [0.1, 0.15) is 27.2 Å². The molecule has 0 aliphatic carbocycles. The number of carbonyl (C=O) groups is 1. The van der Waals surface area contributed by atoms with Crippen molar-refractivity contribution in [3.63, 3.8) is 0 Å². The maximum Gasteiger partial charge on any atom is 0.323 e. The molecule has 1 atom stereocenters. The average Bonchev–Trinajstić information content (AvgIpc) is 2.03. The zero-order valence-electron chi connectivity index (χ0n) is 8.47. The summed E-state index contributed by atoms with van der Waals surface area (Å²) >= 11 is 5.49. The lowest BCUT2D eigenvalue weighted by molar-refractivity contribution is -0.149. The average molecular weight is 208 g/mol. The van der Waals surface area contributed by atoms with Crippen LogP contribution >= 0.6 is 11.6 Å². The molecule has 0 heterocycles. The number of rotatable bonds is 6. The van der Waals surface area contributed by atoms with E-state index in [1.165, 1.54) is 0 Å². The standard InChI is InChI=1S/C9H18ClNO2/c1-7(2)13-9(12)8(3)11-6-4-5-10/h7-8,11H,4-6H2,1-3H3. The Morgan fingerprint density at radius 2 is 2.08 bits per heavy atom. The number of alkyl halides is 1. The number of halogens is 1. The van der Waals surface area contributed by atoms with E-state index in [1.807, 2.05) is 13.8 Å². The molecular weight excluding hydrogens is 190 g/mol. The zero-order valence-corrected chi connectivity index (χ0v) is 9.23. The van der Waals surface area contributed by atoms with Crippen molar-refractivity contribution in [3.05, 3.63) is 0 Å². The van der Waals surface area contributed by atoms with Gasteiger partial charge in [-0.3, -0.25) is 4.79 Å². The SMILES string of the molecule is CC(C)OC(=O)C(C)NCCCCl. The fraction of sp³-hybridized carbons (Fsp3) is 0.889. The fourth-order valence-electron chi connectivity index (χ4n) is 0.803. The maximum atomic E-state index is 11.2. The van der Waals surface area contributed by atoms with Crippen molar-refractivity contribution in [1.82, 2.24) is 5.32 Å². The maximum absolute atomic E-state index is 11.2. The summed E-state index contributed by atoms with van der Waals surface area (Å²) in [5.74, 6) is 0.406. The van der Waals surface area contributed by atoms with Gasteiger partial charge in [0.2, 0.25) is 0 Å². The van der Waals surface area contributed by atoms with Gasteiger partial charge in [-0.1, -0.05) is 0 Å². The first-order chi connectivity index (χ1) is 6.07. The van der Waals surface area contributed by atoms with E-state index in [-0.39, 0.29) is 18.1 Å². The fourth-order valence-corrected chi connectivity index (χ4v) is 0.937. The van der Waals surface area contributed by atoms with Crippen molar-refractivity contribution in [3.8, 4) is 0 Å². The largest absolute Gasteiger partial charge is 0.462 e. The lowest BCUT2D eigenvalue weighted by atomic mass is 10.3. The Morgan fingerprint density at radius 3 is 2.54 bits per heavy atom. The number of hydrogen-bond donors (Lipinski definition) is 1. The molecule has 0 radical (unpaired) electrons. The van der Waals surface area contributed by atoms with E-state index >= 15 is 0 Å². The Hall–Kier alpha value is -0.280. The van der Waals surface area contributed by atoms with Crippen molar-refractivity contribution >= 4 is 17.6 Å². The highest BCUT2D eigenvalue weighted by molar-refractivity contribution is 6.17. The van der Waals surface area contributed by atoms with Gasteiger partial charge in [0.05, 0.1) is 6.10 Å². The predicted octanol–water partition coefficient (Wildman–Crippen LogP) is 1.54. The van der Waals surface area contributed by atoms with E-state index in [4.69, 9.17) is 16.3 Å². The molecule has 3 nitrogen and oxygen atoms in total. The van der Waals surface area contributed by atoms with Crippen molar-refractivity contribution in [2.45, 2.75) is 39.3 Å². The summed E-state index contributed by atoms with van der Waals surface area (Å²) in [5, 5.41) is 3.03. The van der Waals surface area contributed by atoms with Crippen LogP contribution in [-0.2, 0) is 9.53 Å². The van der Waals surface area contributed by atoms with Crippen molar-refractivity contribution < 1.29 is 9.53 Å². The normalized spacial score (nSPS) is 13.0. The quantitative estimate of drug-likeness (QED) is 0.408. The van der Waals surface area contributed by atoms with E-state index in [0.29, 0.717) is 5.88 Å². The van der Waals surface area contributed by atoms with E-state index in [9.17, 15) is 4.79 Å². The highest BCUT2D eigenvalue weighted by Gasteiger charge is 2.14. The molecule has 0 aliphatic heterocycles. The van der Waals surface area contributed by atoms with Crippen molar-refractivity contribution in [2.24, 2.45) is 0 Å². The predicted molar refractivity (Wildman–Crippen MR) is 54.0 cm³/mol. The smallest absolute Gasteiger partial charge is 0.323 e. The molecular formula is C9H18ClNO2. The summed E-state index contributed by atoms with van der Waals surface area (Å²) in [6.07, 6.45) is 0.811. The summed E-state index contributed by atoms with van der Waals surface area (Å²) < 4.78 is 5.01. The second-order valence-electron chi connectivity index (χ2n) is 3.20. The van der Waals surface area contributed by atoms with Gasteiger partial charge >= 0.3 is 5.97 Å². The summed E-state index contributed by atoms with van der Waals surface area (Å²) in [6, 6.07) is -0.245. The molecule has 0 saturated carbocycles. The molecule has 0 amide bonds. The van der Waals surface area contributed by atoms with Gasteiger partial charge in [-0.2, -0.15) is 0 Å². The first-order valence-electron chi connectivity index (χ1n) is 4.57. The number of hydrogen-bond acceptors (Lipinski definition) is 3. The van der Waals surface area contributed by atoms with Crippen LogP contribution in [0.25, 0.3) is 0 Å². The first-order valence-corrected chi connectivity index (χ1v) is 5.11. The molecule has 1 unspecified atom stereocenters. The van der Waals surface area contributed by atoms with Gasteiger partial charge in [0.1, 0.15) is 6.04 Å². The van der Waals surface area contributed by atoms with Gasteiger partial charge in [-0.15, -0.1) is 11.6 Å². The minimum Gasteiger partial charge on any atom is -0.462 e. The minimum atomic E-state index is -0.245. The summed E-state index contributed by atoms with van der Waals surface area (Å²) in [6.45, 7) is 6.21. The Kier molecular flexibility index (Phi) is 7.00. The Balaban J connectivity index is 3.57. The monoisotopic (exact) mass is 207 g/mol. The van der Waals surface area contributed by atoms with E-state index in [1.54, 1.807) is 6.92 Å². The van der Waals surface area contributed by atoms with Gasteiger partial charge in [-0.25, -0.2) is 0 Å². The van der Waals surface area contributed by atoms with Gasteiger partial charge < -0.3 is 10.1 Å². The molecule has 0 aromatic rings. The summed E-state index contributed by atoms with van der Waals surface area (Å²) in [7, 11) is 0. The highest BCUT2D eigenvalue weighted by Crippen LogP contribution is 1.94. The van der Waals surface area contributed by atoms with Gasteiger partial charge in [0.15, 0.2) is 0 Å². The third-order valence-corrected chi connectivity index (χ3v) is 1.73. The molecule has 0 saturated heterocycles. The molecule has 13 heavy (non-hydrogen) atoms. The van der Waals surface area contributed by atoms with Gasteiger partial charge in [-0.05, 0) is 33.7 Å². The molecule has 0 rings (SSSR count). The van der Waals surface area contributed by atoms with Crippen LogP contribution in [0, 0.1) is 0 Å². The van der Waals surface area contributed by atoms with Crippen LogP contribution < -0.4 is 5.32 Å². The molecule has 0 aromatic heterocycles. The van der Waals surface area contributed by atoms with E-state index < -0.39 is 0 Å². The number of esters is 1. The molecule has 0 fully saturated rings. The molecule has 0 spiro atoms. The van der Waals surface area contributed by atoms with Crippen LogP contribution in [0.2, 0.25) is 0 Å². The van der Waals surface area contributed by atoms with E-state index in [2.05, 4.69) is 5.32 Å². The molecule has 78 valence electrons. The third kappa shape index (κ3) is 6.84. The third-order valence-electron chi connectivity index (χ3n) is 1.47. The van der Waals surface area contributed by atoms with Gasteiger partial charge in [0.25, 0.3) is 0 Å². The van der Waals surface area contributed by atoms with Crippen LogP contribution in [0.15, 0.2) is 0 Å². The van der Waals surface area contributed by atoms with Crippen LogP contribution in [0.5, 0.6) is 0 Å². The topological polar surface area (TPSA) is 38.3 Å². The Bertz CT molecular complexity index is 151. The van der Waals surface area contributed by atoms with Gasteiger partial charge in [0, 0.05) is 5.88 Å². The molecule has 0 aliphatic rings. The molecule has 0 aromatic carbocycles. The van der Waals surface area contributed by atoms with Crippen molar-refractivity contribution in [2.75, 3.05) is 12.4 Å². The Labute approximate surface area is 84.8 Å². The summed E-state index contributed by atoms with van der Waals surface area (Å²) in [5.41, 5.74) is 0. The first kappa shape index (κ1) is 12.7. The Morgan fingerprint density at radius 1 is 1.46 bits per heavy atom. The highest BCUT2D eigenvalue weighted by atomic mass is 35.5. The summed E-state index contributed by atoms with van der Waals surface area (Å²) in [4.78, 5) is 11.2. The number of nitrogens with one attached hydrogen (secondary N) is 1. The minimum absolute atomic E-state index is 0.0511. The second-order valence-corrected chi connectivity index (χ2v) is 3.58. The lowest BCUT2D eigenvalue weighted by Gasteiger charge is -2.14. The molecule has 1 N–H and O–H groups in total. The molecule has 0 bridgehead atoms. The lowest BCUT2D eigenvalue weighted by Crippen LogP contribution is -2.37. The number of carbonyl (C=O) groups excluding carboxylic acids is 1. The second kappa shape index (κ2) is 7.15. The van der Waals surface area contributed by atoms with Crippen LogP contribution in [-0.4, -0.2) is 30.5 Å². The zero-order chi connectivity index (χ0) is 10.3. The van der Waals surface area contributed by atoms with Crippen molar-refractivity contribution in [1.29, 1.82) is 0 Å².